The molecule has 0 atom stereocenters. The van der Waals surface area contributed by atoms with Crippen LogP contribution in [0.2, 0.25) is 5.02 Å². The first kappa shape index (κ1) is 14.6. The second-order valence-corrected chi connectivity index (χ2v) is 6.48. The Kier molecular flexibility index (Phi) is 3.77. The van der Waals surface area contributed by atoms with Crippen LogP contribution in [0.1, 0.15) is 11.1 Å². The first-order chi connectivity index (χ1) is 9.97. The Hall–Kier alpha value is -1.37. The van der Waals surface area contributed by atoms with E-state index in [1.54, 1.807) is 24.3 Å². The van der Waals surface area contributed by atoms with Crippen molar-refractivity contribution >= 4 is 66.8 Å². The summed E-state index contributed by atoms with van der Waals surface area (Å²) in [5, 5.41) is 12.9. The van der Waals surface area contributed by atoms with Gasteiger partial charge in [0, 0.05) is 11.8 Å². The summed E-state index contributed by atoms with van der Waals surface area (Å²) in [5.74, 6) is 0.301. The molecule has 1 aliphatic heterocycles. The zero-order valence-electron chi connectivity index (χ0n) is 10.3. The van der Waals surface area contributed by atoms with Crippen molar-refractivity contribution < 1.29 is 9.90 Å². The van der Waals surface area contributed by atoms with Gasteiger partial charge in [0.1, 0.15) is 11.6 Å². The maximum atomic E-state index is 12.1. The molecule has 0 spiro atoms. The molecule has 0 radical (unpaired) electrons. The van der Waals surface area contributed by atoms with Gasteiger partial charge in [-0.2, -0.15) is 0 Å². The molecule has 1 aromatic carbocycles. The highest BCUT2D eigenvalue weighted by atomic mass is 79.9. The molecule has 0 saturated heterocycles. The van der Waals surface area contributed by atoms with Gasteiger partial charge < -0.3 is 10.4 Å². The fraction of sp³-hybridized carbons (Fsp3) is 0. The van der Waals surface area contributed by atoms with E-state index < -0.39 is 0 Å². The molecule has 2 aromatic rings. The van der Waals surface area contributed by atoms with Gasteiger partial charge >= 0.3 is 0 Å². The summed E-state index contributed by atoms with van der Waals surface area (Å²) in [4.78, 5) is 16.2. The van der Waals surface area contributed by atoms with Gasteiger partial charge in [0.05, 0.1) is 19.5 Å². The number of phenolic OH excluding ortho intramolecular Hbond substituents is 1. The van der Waals surface area contributed by atoms with Crippen molar-refractivity contribution in [2.24, 2.45) is 0 Å². The van der Waals surface area contributed by atoms with Crippen molar-refractivity contribution in [1.29, 1.82) is 0 Å². The summed E-state index contributed by atoms with van der Waals surface area (Å²) >= 11 is 12.7. The van der Waals surface area contributed by atoms with Crippen molar-refractivity contribution in [3.8, 4) is 5.75 Å². The highest BCUT2D eigenvalue weighted by Gasteiger charge is 2.27. The summed E-state index contributed by atoms with van der Waals surface area (Å²) in [6, 6.07) is 5.06. The number of hydrogen-bond donors (Lipinski definition) is 2. The first-order valence-corrected chi connectivity index (χ1v) is 7.79. The molecular weight excluding hydrogens is 423 g/mol. The molecule has 2 N–H and O–H groups in total. The predicted octanol–water partition coefficient (Wildman–Crippen LogP) is 4.46. The van der Waals surface area contributed by atoms with Crippen molar-refractivity contribution in [1.82, 2.24) is 4.98 Å². The van der Waals surface area contributed by atoms with Gasteiger partial charge in [0.2, 0.25) is 0 Å². The Morgan fingerprint density at radius 1 is 1.29 bits per heavy atom. The second-order valence-electron chi connectivity index (χ2n) is 4.36. The summed E-state index contributed by atoms with van der Waals surface area (Å²) in [5.41, 5.74) is 1.77. The van der Waals surface area contributed by atoms with Gasteiger partial charge in [-0.05, 0) is 61.7 Å². The van der Waals surface area contributed by atoms with E-state index in [4.69, 9.17) is 11.6 Å². The van der Waals surface area contributed by atoms with Crippen LogP contribution in [0.5, 0.6) is 5.75 Å². The lowest BCUT2D eigenvalue weighted by atomic mass is 10.1. The smallest absolute Gasteiger partial charge is 0.257 e. The summed E-state index contributed by atoms with van der Waals surface area (Å²) in [6.45, 7) is 0. The Balaban J connectivity index is 2.16. The van der Waals surface area contributed by atoms with E-state index in [2.05, 4.69) is 42.2 Å². The number of amides is 1. The van der Waals surface area contributed by atoms with Crippen LogP contribution < -0.4 is 5.32 Å². The second kappa shape index (κ2) is 5.44. The number of aromatic nitrogens is 1. The zero-order valence-corrected chi connectivity index (χ0v) is 14.3. The van der Waals surface area contributed by atoms with E-state index in [-0.39, 0.29) is 11.7 Å². The quantitative estimate of drug-likeness (QED) is 0.657. The van der Waals surface area contributed by atoms with Crippen LogP contribution in [0, 0.1) is 0 Å². The molecule has 0 bridgehead atoms. The highest BCUT2D eigenvalue weighted by Crippen LogP contribution is 2.38. The number of pyridine rings is 1. The standard InChI is InChI=1S/C14H7Br2ClN2O2/c15-8-4-6(5-9(16)12(8)20)3-7-11-10(17)1-2-18-13(11)19-14(7)21/h1-5,20H,(H,18,19,21). The molecule has 2 heterocycles. The summed E-state index contributed by atoms with van der Waals surface area (Å²) in [7, 11) is 0. The topological polar surface area (TPSA) is 62.2 Å². The molecule has 1 amide bonds. The van der Waals surface area contributed by atoms with E-state index in [9.17, 15) is 9.90 Å². The molecular formula is C14H7Br2ClN2O2. The van der Waals surface area contributed by atoms with E-state index in [0.717, 1.165) is 5.56 Å². The minimum absolute atomic E-state index is 0.105. The van der Waals surface area contributed by atoms with Gasteiger partial charge in [0.25, 0.3) is 5.91 Å². The molecule has 4 nitrogen and oxygen atoms in total. The van der Waals surface area contributed by atoms with Crippen LogP contribution in [-0.4, -0.2) is 16.0 Å². The largest absolute Gasteiger partial charge is 0.506 e. The van der Waals surface area contributed by atoms with Crippen LogP contribution in [0.25, 0.3) is 11.6 Å². The Morgan fingerprint density at radius 2 is 1.95 bits per heavy atom. The van der Waals surface area contributed by atoms with Crippen molar-refractivity contribution in [3.05, 3.63) is 49.5 Å². The number of hydrogen-bond acceptors (Lipinski definition) is 3. The lowest BCUT2D eigenvalue weighted by molar-refractivity contribution is -0.110. The molecule has 1 aliphatic rings. The van der Waals surface area contributed by atoms with Crippen LogP contribution in [-0.2, 0) is 4.79 Å². The van der Waals surface area contributed by atoms with Crippen LogP contribution in [0.15, 0.2) is 33.3 Å². The van der Waals surface area contributed by atoms with Gasteiger partial charge in [-0.15, -0.1) is 0 Å². The number of nitrogens with zero attached hydrogens (tertiary/aromatic N) is 1. The summed E-state index contributed by atoms with van der Waals surface area (Å²) < 4.78 is 1.05. The maximum absolute atomic E-state index is 12.1. The third kappa shape index (κ3) is 2.59. The number of anilines is 1. The Morgan fingerprint density at radius 3 is 2.62 bits per heavy atom. The van der Waals surface area contributed by atoms with Gasteiger partial charge in [-0.25, -0.2) is 4.98 Å². The minimum Gasteiger partial charge on any atom is -0.506 e. The van der Waals surface area contributed by atoms with Crippen LogP contribution in [0.3, 0.4) is 0 Å². The van der Waals surface area contributed by atoms with Crippen LogP contribution in [0.4, 0.5) is 5.82 Å². The molecule has 1 aromatic heterocycles. The van der Waals surface area contributed by atoms with Crippen LogP contribution >= 0.6 is 43.5 Å². The Labute approximate surface area is 142 Å². The molecule has 0 unspecified atom stereocenters. The summed E-state index contributed by atoms with van der Waals surface area (Å²) in [6.07, 6.45) is 3.24. The van der Waals surface area contributed by atoms with E-state index >= 15 is 0 Å². The molecule has 3 rings (SSSR count). The fourth-order valence-electron chi connectivity index (χ4n) is 2.05. The molecule has 0 aliphatic carbocycles. The number of fused-ring (bicyclic) bond motifs is 1. The normalized spacial score (nSPS) is 15.2. The monoisotopic (exact) mass is 428 g/mol. The number of nitrogens with one attached hydrogen (secondary N) is 1. The van der Waals surface area contributed by atoms with Gasteiger partial charge in [-0.1, -0.05) is 11.6 Å². The molecule has 0 fully saturated rings. The maximum Gasteiger partial charge on any atom is 0.257 e. The minimum atomic E-state index is -0.258. The number of carbonyl (C=O) groups excluding carboxylic acids is 1. The Bertz CT molecular complexity index is 783. The van der Waals surface area contributed by atoms with E-state index in [1.807, 2.05) is 0 Å². The zero-order chi connectivity index (χ0) is 15.1. The number of benzene rings is 1. The third-order valence-electron chi connectivity index (χ3n) is 3.00. The number of aromatic hydroxyl groups is 1. The molecule has 106 valence electrons. The highest BCUT2D eigenvalue weighted by molar-refractivity contribution is 9.11. The van der Waals surface area contributed by atoms with Crippen molar-refractivity contribution in [2.45, 2.75) is 0 Å². The molecule has 0 saturated carbocycles. The SMILES string of the molecule is O=C1Nc2nccc(Cl)c2C1=Cc1cc(Br)c(O)c(Br)c1. The molecule has 7 heteroatoms. The number of phenols is 1. The van der Waals surface area contributed by atoms with E-state index in [1.165, 1.54) is 6.20 Å². The first-order valence-electron chi connectivity index (χ1n) is 5.83. The average molecular weight is 430 g/mol. The fourth-order valence-corrected chi connectivity index (χ4v) is 3.52. The van der Waals surface area contributed by atoms with Crippen molar-refractivity contribution in [3.63, 3.8) is 0 Å². The van der Waals surface area contributed by atoms with Gasteiger partial charge in [0.15, 0.2) is 0 Å². The predicted molar refractivity (Wildman–Crippen MR) is 89.3 cm³/mol. The lowest BCUT2D eigenvalue weighted by Gasteiger charge is -2.04. The lowest BCUT2D eigenvalue weighted by Crippen LogP contribution is -2.04. The van der Waals surface area contributed by atoms with Gasteiger partial charge in [-0.3, -0.25) is 4.79 Å². The number of halogens is 3. The number of carbonyl (C=O) groups is 1. The van der Waals surface area contributed by atoms with E-state index in [0.29, 0.717) is 30.9 Å². The third-order valence-corrected chi connectivity index (χ3v) is 4.52. The van der Waals surface area contributed by atoms with Crippen molar-refractivity contribution in [2.75, 3.05) is 5.32 Å². The average Bonchev–Trinajstić information content (AvgIpc) is 2.74. The molecule has 21 heavy (non-hydrogen) atoms. The number of rotatable bonds is 1.